The molecule has 1 fully saturated rings. The van der Waals surface area contributed by atoms with Crippen molar-refractivity contribution in [3.05, 3.63) is 64.2 Å². The van der Waals surface area contributed by atoms with Gasteiger partial charge in [0, 0.05) is 72.3 Å². The minimum absolute atomic E-state index is 0.00167. The van der Waals surface area contributed by atoms with E-state index in [0.717, 1.165) is 32.4 Å². The van der Waals surface area contributed by atoms with Gasteiger partial charge in [-0.05, 0) is 49.9 Å². The number of methoxy groups -OCH3 is 1. The monoisotopic (exact) mass is 635 g/mol. The maximum Gasteiger partial charge on any atom is 0.342 e. The first-order valence-corrected chi connectivity index (χ1v) is 15.5. The molecule has 238 valence electrons. The van der Waals surface area contributed by atoms with E-state index in [4.69, 9.17) is 32.5 Å². The molecule has 0 saturated carbocycles. The van der Waals surface area contributed by atoms with E-state index in [9.17, 15) is 19.2 Å². The summed E-state index contributed by atoms with van der Waals surface area (Å²) in [7, 11) is 1.45. The summed E-state index contributed by atoms with van der Waals surface area (Å²) in [5.74, 6) is -0.836. The van der Waals surface area contributed by atoms with E-state index in [1.807, 2.05) is 6.07 Å². The van der Waals surface area contributed by atoms with Crippen LogP contribution in [0.15, 0.2) is 42.5 Å². The molecule has 3 aromatic rings. The number of carbonyl (C=O) groups is 4. The Kier molecular flexibility index (Phi) is 10.1. The van der Waals surface area contributed by atoms with E-state index in [-0.39, 0.29) is 41.0 Å². The molecular weight excluding hydrogens is 598 g/mol. The summed E-state index contributed by atoms with van der Waals surface area (Å²) >= 11 is 6.05. The van der Waals surface area contributed by atoms with Gasteiger partial charge in [-0.3, -0.25) is 24.2 Å². The van der Waals surface area contributed by atoms with Gasteiger partial charge in [0.05, 0.1) is 17.8 Å². The zero-order valence-corrected chi connectivity index (χ0v) is 26.0. The van der Waals surface area contributed by atoms with Crippen LogP contribution in [0, 0.1) is 0 Å². The number of rotatable bonds is 12. The molecule has 45 heavy (non-hydrogen) atoms. The molecular formula is C33H38ClN5O6. The average molecular weight is 636 g/mol. The van der Waals surface area contributed by atoms with Gasteiger partial charge in [0.1, 0.15) is 17.9 Å². The molecule has 2 aliphatic rings. The standard InChI is InChI=1S/C33H38ClN5O6/c1-44-28-19-27(36)25(34)18-24(28)33(43)45-17-16-38-14-11-20(12-15-38)37-29(40)8-3-2-4-13-39-31(41)22-7-5-6-21-26(35)10-9-23(30(21)22)32(39)42/h5-7,9-10,18-20H,2-4,8,11-17,35-36H2,1H3,(H,37,40). The second kappa shape index (κ2) is 14.2. The lowest BCUT2D eigenvalue weighted by atomic mass is 9.93. The molecule has 2 heterocycles. The molecule has 0 radical (unpaired) electrons. The lowest BCUT2D eigenvalue weighted by molar-refractivity contribution is -0.122. The fourth-order valence-corrected chi connectivity index (χ4v) is 6.11. The van der Waals surface area contributed by atoms with Gasteiger partial charge < -0.3 is 26.3 Å². The first-order valence-electron chi connectivity index (χ1n) is 15.2. The highest BCUT2D eigenvalue weighted by Gasteiger charge is 2.32. The zero-order valence-electron chi connectivity index (χ0n) is 25.3. The number of halogens is 1. The molecule has 0 spiro atoms. The summed E-state index contributed by atoms with van der Waals surface area (Å²) in [5.41, 5.74) is 13.9. The molecule has 11 nitrogen and oxygen atoms in total. The smallest absolute Gasteiger partial charge is 0.342 e. The number of nitrogens with two attached hydrogens (primary N) is 2. The summed E-state index contributed by atoms with van der Waals surface area (Å²) in [6.45, 7) is 2.65. The van der Waals surface area contributed by atoms with Crippen LogP contribution >= 0.6 is 11.6 Å². The molecule has 12 heteroatoms. The molecule has 0 aliphatic carbocycles. The Morgan fingerprint density at radius 1 is 0.956 bits per heavy atom. The summed E-state index contributed by atoms with van der Waals surface area (Å²) in [5, 5.41) is 4.72. The number of hydrogen-bond acceptors (Lipinski definition) is 9. The van der Waals surface area contributed by atoms with E-state index in [2.05, 4.69) is 10.2 Å². The van der Waals surface area contributed by atoms with E-state index < -0.39 is 5.97 Å². The number of unbranched alkanes of at least 4 members (excludes halogenated alkanes) is 2. The number of likely N-dealkylation sites (tertiary alicyclic amines) is 1. The minimum atomic E-state index is -0.529. The SMILES string of the molecule is COc1cc(N)c(Cl)cc1C(=O)OCCN1CCC(NC(=O)CCCCCN2C(=O)c3cccc4c(N)ccc(c34)C2=O)CC1. The van der Waals surface area contributed by atoms with Gasteiger partial charge in [0.15, 0.2) is 0 Å². The lowest BCUT2D eigenvalue weighted by Gasteiger charge is -2.32. The fraction of sp³-hybridized carbons (Fsp3) is 0.394. The minimum Gasteiger partial charge on any atom is -0.496 e. The predicted octanol–water partition coefficient (Wildman–Crippen LogP) is 4.26. The Bertz CT molecular complexity index is 1600. The van der Waals surface area contributed by atoms with E-state index in [1.165, 1.54) is 24.1 Å². The van der Waals surface area contributed by atoms with Gasteiger partial charge >= 0.3 is 5.97 Å². The first kappa shape index (κ1) is 32.1. The topological polar surface area (TPSA) is 157 Å². The number of anilines is 2. The normalized spacial score (nSPS) is 15.4. The number of hydrogen-bond donors (Lipinski definition) is 3. The Balaban J connectivity index is 0.975. The van der Waals surface area contributed by atoms with Crippen LogP contribution < -0.4 is 21.5 Å². The van der Waals surface area contributed by atoms with Gasteiger partial charge in [-0.25, -0.2) is 4.79 Å². The second-order valence-electron chi connectivity index (χ2n) is 11.4. The number of esters is 1. The number of imide groups is 1. The highest BCUT2D eigenvalue weighted by molar-refractivity contribution is 6.33. The average Bonchev–Trinajstić information content (AvgIpc) is 3.03. The molecule has 0 aromatic heterocycles. The maximum atomic E-state index is 13.1. The van der Waals surface area contributed by atoms with Crippen LogP contribution in [0.25, 0.3) is 10.8 Å². The van der Waals surface area contributed by atoms with E-state index in [0.29, 0.717) is 71.4 Å². The van der Waals surface area contributed by atoms with E-state index >= 15 is 0 Å². The summed E-state index contributed by atoms with van der Waals surface area (Å²) in [6, 6.07) is 11.7. The van der Waals surface area contributed by atoms with Gasteiger partial charge in [-0.15, -0.1) is 0 Å². The number of amides is 3. The van der Waals surface area contributed by atoms with Crippen molar-refractivity contribution < 1.29 is 28.7 Å². The number of nitrogen functional groups attached to an aromatic ring is 2. The molecule has 3 aromatic carbocycles. The molecule has 5 rings (SSSR count). The zero-order chi connectivity index (χ0) is 32.1. The number of nitrogens with one attached hydrogen (secondary N) is 1. The van der Waals surface area contributed by atoms with E-state index in [1.54, 1.807) is 24.3 Å². The van der Waals surface area contributed by atoms with Gasteiger partial charge in [0.2, 0.25) is 5.91 Å². The number of nitrogens with zero attached hydrogens (tertiary/aromatic N) is 2. The van der Waals surface area contributed by atoms with Crippen molar-refractivity contribution in [3.8, 4) is 5.75 Å². The highest BCUT2D eigenvalue weighted by atomic mass is 35.5. The third-order valence-corrected chi connectivity index (χ3v) is 8.77. The third-order valence-electron chi connectivity index (χ3n) is 8.44. The molecule has 1 saturated heterocycles. The van der Waals surface area contributed by atoms with Crippen LogP contribution in [0.2, 0.25) is 5.02 Å². The Morgan fingerprint density at radius 3 is 2.42 bits per heavy atom. The number of piperidine rings is 1. The second-order valence-corrected chi connectivity index (χ2v) is 11.8. The molecule has 0 unspecified atom stereocenters. The number of ether oxygens (including phenoxy) is 2. The van der Waals surface area contributed by atoms with Crippen LogP contribution in [-0.2, 0) is 9.53 Å². The van der Waals surface area contributed by atoms with Crippen molar-refractivity contribution >= 4 is 57.4 Å². The Hall–Kier alpha value is -4.35. The first-order chi connectivity index (χ1) is 21.7. The molecule has 2 aliphatic heterocycles. The largest absolute Gasteiger partial charge is 0.496 e. The summed E-state index contributed by atoms with van der Waals surface area (Å²) in [4.78, 5) is 54.8. The van der Waals surface area contributed by atoms with Gasteiger partial charge in [0.25, 0.3) is 11.8 Å². The van der Waals surface area contributed by atoms with Crippen molar-refractivity contribution in [3.63, 3.8) is 0 Å². The predicted molar refractivity (Wildman–Crippen MR) is 172 cm³/mol. The van der Waals surface area contributed by atoms with Crippen LogP contribution in [0.1, 0.15) is 69.6 Å². The van der Waals surface area contributed by atoms with Crippen LogP contribution in [0.3, 0.4) is 0 Å². The summed E-state index contributed by atoms with van der Waals surface area (Å²) < 4.78 is 10.7. The number of benzene rings is 3. The van der Waals surface area contributed by atoms with Crippen LogP contribution in [0.4, 0.5) is 11.4 Å². The number of carbonyl (C=O) groups excluding carboxylic acids is 4. The molecule has 0 atom stereocenters. The lowest BCUT2D eigenvalue weighted by Crippen LogP contribution is -2.45. The van der Waals surface area contributed by atoms with Gasteiger partial charge in [-0.1, -0.05) is 30.2 Å². The Labute approximate surface area is 266 Å². The molecule has 3 amide bonds. The van der Waals surface area contributed by atoms with Crippen molar-refractivity contribution in [2.24, 2.45) is 0 Å². The fourth-order valence-electron chi connectivity index (χ4n) is 5.95. The quantitative estimate of drug-likeness (QED) is 0.114. The van der Waals surface area contributed by atoms with Crippen molar-refractivity contribution in [1.29, 1.82) is 0 Å². The van der Waals surface area contributed by atoms with Crippen molar-refractivity contribution in [2.45, 2.75) is 44.6 Å². The van der Waals surface area contributed by atoms with Crippen LogP contribution in [-0.4, -0.2) is 79.4 Å². The van der Waals surface area contributed by atoms with Gasteiger partial charge in [-0.2, -0.15) is 0 Å². The Morgan fingerprint density at radius 2 is 1.69 bits per heavy atom. The van der Waals surface area contributed by atoms with Crippen molar-refractivity contribution in [2.75, 3.05) is 51.4 Å². The maximum absolute atomic E-state index is 13.1. The van der Waals surface area contributed by atoms with Crippen molar-refractivity contribution in [1.82, 2.24) is 15.1 Å². The van der Waals surface area contributed by atoms with Crippen LogP contribution in [0.5, 0.6) is 5.75 Å². The highest BCUT2D eigenvalue weighted by Crippen LogP contribution is 2.33. The summed E-state index contributed by atoms with van der Waals surface area (Å²) in [6.07, 6.45) is 4.00. The molecule has 5 N–H and O–H groups in total. The molecule has 0 bridgehead atoms. The third kappa shape index (κ3) is 7.15.